The number of hydrogen-bond acceptors (Lipinski definition) is 3. The zero-order valence-corrected chi connectivity index (χ0v) is 10.2. The summed E-state index contributed by atoms with van der Waals surface area (Å²) < 4.78 is 5.01. The van der Waals surface area contributed by atoms with E-state index in [1.807, 2.05) is 20.8 Å². The summed E-state index contributed by atoms with van der Waals surface area (Å²) in [5.41, 5.74) is -0.945. The summed E-state index contributed by atoms with van der Waals surface area (Å²) in [7, 11) is 0. The molecule has 1 unspecified atom stereocenters. The Labute approximate surface area is 92.4 Å². The van der Waals surface area contributed by atoms with Gasteiger partial charge in [0.1, 0.15) is 0 Å². The Balaban J connectivity index is 5.03. The summed E-state index contributed by atoms with van der Waals surface area (Å²) in [4.78, 5) is 11.8. The van der Waals surface area contributed by atoms with Gasteiger partial charge in [-0.1, -0.05) is 33.6 Å². The SMILES string of the molecule is CCOC(=O)C(C#N)(CC)C(CC)CC. The number of carbonyl (C=O) groups excluding carboxylic acids is 1. The van der Waals surface area contributed by atoms with E-state index in [4.69, 9.17) is 4.74 Å². The molecule has 0 saturated heterocycles. The van der Waals surface area contributed by atoms with E-state index in [1.165, 1.54) is 0 Å². The lowest BCUT2D eigenvalue weighted by atomic mass is 9.72. The average molecular weight is 211 g/mol. The lowest BCUT2D eigenvalue weighted by Crippen LogP contribution is -2.38. The van der Waals surface area contributed by atoms with E-state index < -0.39 is 5.41 Å². The van der Waals surface area contributed by atoms with E-state index in [9.17, 15) is 10.1 Å². The maximum absolute atomic E-state index is 11.8. The molecule has 0 bridgehead atoms. The highest BCUT2D eigenvalue weighted by atomic mass is 16.5. The van der Waals surface area contributed by atoms with Crippen molar-refractivity contribution < 1.29 is 9.53 Å². The Bertz CT molecular complexity index is 240. The van der Waals surface area contributed by atoms with Gasteiger partial charge < -0.3 is 4.74 Å². The quantitative estimate of drug-likeness (QED) is 0.635. The second kappa shape index (κ2) is 6.44. The Morgan fingerprint density at radius 3 is 2.13 bits per heavy atom. The molecule has 0 aromatic rings. The van der Waals surface area contributed by atoms with Crippen LogP contribution in [-0.2, 0) is 9.53 Å². The average Bonchev–Trinajstić information content (AvgIpc) is 2.26. The summed E-state index contributed by atoms with van der Waals surface area (Å²) in [5, 5.41) is 9.26. The van der Waals surface area contributed by atoms with Crippen LogP contribution in [0.5, 0.6) is 0 Å². The molecule has 0 aromatic heterocycles. The maximum atomic E-state index is 11.8. The molecule has 3 heteroatoms. The molecule has 0 radical (unpaired) electrons. The second-order valence-electron chi connectivity index (χ2n) is 3.67. The molecule has 0 aromatic carbocycles. The van der Waals surface area contributed by atoms with Crippen LogP contribution in [0.2, 0.25) is 0 Å². The Kier molecular flexibility index (Phi) is 6.00. The lowest BCUT2D eigenvalue weighted by molar-refractivity contribution is -0.155. The van der Waals surface area contributed by atoms with Crippen molar-refractivity contribution in [2.45, 2.75) is 47.0 Å². The Hall–Kier alpha value is -1.04. The van der Waals surface area contributed by atoms with E-state index in [0.29, 0.717) is 13.0 Å². The molecule has 0 N–H and O–H groups in total. The first-order valence-corrected chi connectivity index (χ1v) is 5.71. The molecule has 0 rings (SSSR count). The van der Waals surface area contributed by atoms with Gasteiger partial charge in [-0.2, -0.15) is 5.26 Å². The molecule has 0 heterocycles. The fourth-order valence-electron chi connectivity index (χ4n) is 2.06. The van der Waals surface area contributed by atoms with E-state index >= 15 is 0 Å². The van der Waals surface area contributed by atoms with E-state index in [2.05, 4.69) is 6.07 Å². The highest BCUT2D eigenvalue weighted by Gasteiger charge is 2.44. The molecule has 0 spiro atoms. The van der Waals surface area contributed by atoms with Crippen LogP contribution < -0.4 is 0 Å². The minimum absolute atomic E-state index is 0.0894. The van der Waals surface area contributed by atoms with Gasteiger partial charge in [0, 0.05) is 0 Å². The molecule has 0 amide bonds. The number of hydrogen-bond donors (Lipinski definition) is 0. The lowest BCUT2D eigenvalue weighted by Gasteiger charge is -2.30. The van der Waals surface area contributed by atoms with Crippen LogP contribution >= 0.6 is 0 Å². The van der Waals surface area contributed by atoms with Gasteiger partial charge in [-0.3, -0.25) is 4.79 Å². The minimum Gasteiger partial charge on any atom is -0.465 e. The number of nitriles is 1. The fraction of sp³-hybridized carbons (Fsp3) is 0.833. The Morgan fingerprint density at radius 1 is 1.33 bits per heavy atom. The van der Waals surface area contributed by atoms with Gasteiger partial charge in [-0.15, -0.1) is 0 Å². The molecular weight excluding hydrogens is 190 g/mol. The van der Waals surface area contributed by atoms with Crippen LogP contribution in [0.4, 0.5) is 0 Å². The fourth-order valence-corrected chi connectivity index (χ4v) is 2.06. The number of carbonyl (C=O) groups is 1. The van der Waals surface area contributed by atoms with Gasteiger partial charge in [0.15, 0.2) is 5.41 Å². The topological polar surface area (TPSA) is 50.1 Å². The molecular formula is C12H21NO2. The van der Waals surface area contributed by atoms with Gasteiger partial charge in [0.25, 0.3) is 0 Å². The first-order chi connectivity index (χ1) is 7.12. The maximum Gasteiger partial charge on any atom is 0.326 e. The van der Waals surface area contributed by atoms with Crippen molar-refractivity contribution in [3.8, 4) is 6.07 Å². The molecule has 0 aliphatic heterocycles. The largest absolute Gasteiger partial charge is 0.465 e. The minimum atomic E-state index is -0.945. The standard InChI is InChI=1S/C12H21NO2/c1-5-10(6-2)12(7-3,9-13)11(14)15-8-4/h10H,5-8H2,1-4H3. The van der Waals surface area contributed by atoms with Crippen molar-refractivity contribution in [2.24, 2.45) is 11.3 Å². The van der Waals surface area contributed by atoms with Gasteiger partial charge in [-0.25, -0.2) is 0 Å². The molecule has 0 saturated carbocycles. The first kappa shape index (κ1) is 14.0. The molecule has 0 fully saturated rings. The van der Waals surface area contributed by atoms with Crippen LogP contribution in [0.15, 0.2) is 0 Å². The van der Waals surface area contributed by atoms with E-state index in [1.54, 1.807) is 6.92 Å². The van der Waals surface area contributed by atoms with Gasteiger partial charge in [0.05, 0.1) is 12.7 Å². The smallest absolute Gasteiger partial charge is 0.326 e. The first-order valence-electron chi connectivity index (χ1n) is 5.71. The van der Waals surface area contributed by atoms with E-state index in [0.717, 1.165) is 12.8 Å². The predicted octanol–water partition coefficient (Wildman–Crippen LogP) is 2.91. The molecule has 1 atom stereocenters. The number of rotatable bonds is 6. The van der Waals surface area contributed by atoms with Crippen molar-refractivity contribution >= 4 is 5.97 Å². The summed E-state index contributed by atoms with van der Waals surface area (Å²) >= 11 is 0. The predicted molar refractivity (Wildman–Crippen MR) is 59.0 cm³/mol. The highest BCUT2D eigenvalue weighted by molar-refractivity contribution is 5.80. The molecule has 0 aliphatic carbocycles. The summed E-state index contributed by atoms with van der Waals surface area (Å²) in [6.45, 7) is 7.99. The molecule has 86 valence electrons. The summed E-state index contributed by atoms with van der Waals surface area (Å²) in [6.07, 6.45) is 2.18. The molecule has 0 aliphatic rings. The summed E-state index contributed by atoms with van der Waals surface area (Å²) in [5.74, 6) is -0.268. The number of ether oxygens (including phenoxy) is 1. The highest BCUT2D eigenvalue weighted by Crippen LogP contribution is 2.36. The molecule has 15 heavy (non-hydrogen) atoms. The second-order valence-corrected chi connectivity index (χ2v) is 3.67. The van der Waals surface area contributed by atoms with Gasteiger partial charge in [0.2, 0.25) is 0 Å². The number of esters is 1. The monoisotopic (exact) mass is 211 g/mol. The van der Waals surface area contributed by atoms with Crippen molar-refractivity contribution in [3.63, 3.8) is 0 Å². The van der Waals surface area contributed by atoms with Crippen LogP contribution in [-0.4, -0.2) is 12.6 Å². The molecule has 3 nitrogen and oxygen atoms in total. The Morgan fingerprint density at radius 2 is 1.87 bits per heavy atom. The van der Waals surface area contributed by atoms with Gasteiger partial charge >= 0.3 is 5.97 Å². The van der Waals surface area contributed by atoms with Crippen LogP contribution in [0.1, 0.15) is 47.0 Å². The van der Waals surface area contributed by atoms with Crippen LogP contribution in [0, 0.1) is 22.7 Å². The third-order valence-electron chi connectivity index (χ3n) is 3.08. The van der Waals surface area contributed by atoms with Crippen molar-refractivity contribution in [1.82, 2.24) is 0 Å². The van der Waals surface area contributed by atoms with Gasteiger partial charge in [-0.05, 0) is 19.3 Å². The summed E-state index contributed by atoms with van der Waals surface area (Å²) in [6, 6.07) is 2.18. The van der Waals surface area contributed by atoms with Crippen LogP contribution in [0.3, 0.4) is 0 Å². The number of nitrogens with zero attached hydrogens (tertiary/aromatic N) is 1. The third-order valence-corrected chi connectivity index (χ3v) is 3.08. The van der Waals surface area contributed by atoms with Crippen molar-refractivity contribution in [1.29, 1.82) is 5.26 Å². The van der Waals surface area contributed by atoms with E-state index in [-0.39, 0.29) is 11.9 Å². The van der Waals surface area contributed by atoms with Crippen LogP contribution in [0.25, 0.3) is 0 Å². The van der Waals surface area contributed by atoms with Crippen molar-refractivity contribution in [3.05, 3.63) is 0 Å². The third kappa shape index (κ3) is 2.71. The zero-order valence-electron chi connectivity index (χ0n) is 10.2. The van der Waals surface area contributed by atoms with Crippen molar-refractivity contribution in [2.75, 3.05) is 6.61 Å². The zero-order chi connectivity index (χ0) is 11.9. The normalized spacial score (nSPS) is 14.4.